The Bertz CT molecular complexity index is 779. The Kier molecular flexibility index (Phi) is 8.22. The molecule has 0 spiro atoms. The number of rotatable bonds is 5. The van der Waals surface area contributed by atoms with Crippen molar-refractivity contribution in [2.24, 2.45) is 4.99 Å². The number of halogens is 1. The minimum absolute atomic E-state index is 0. The highest BCUT2D eigenvalue weighted by Crippen LogP contribution is 2.26. The molecule has 1 heterocycles. The fourth-order valence-corrected chi connectivity index (χ4v) is 3.32. The van der Waals surface area contributed by atoms with Crippen LogP contribution in [0.1, 0.15) is 23.1 Å². The number of anilines is 1. The number of fused-ring (bicyclic) bond motifs is 1. The molecular weight excluding hydrogens is 451 g/mol. The van der Waals surface area contributed by atoms with Gasteiger partial charge in [0.2, 0.25) is 0 Å². The predicted octanol–water partition coefficient (Wildman–Crippen LogP) is 3.56. The van der Waals surface area contributed by atoms with E-state index in [1.807, 2.05) is 18.2 Å². The first-order valence-electron chi connectivity index (χ1n) is 9.10. The first-order chi connectivity index (χ1) is 12.7. The third kappa shape index (κ3) is 5.76. The average Bonchev–Trinajstić information content (AvgIpc) is 2.68. The Morgan fingerprint density at radius 1 is 1.11 bits per heavy atom. The monoisotopic (exact) mass is 480 g/mol. The minimum atomic E-state index is 0. The lowest BCUT2D eigenvalue weighted by molar-refractivity contribution is 0.414. The van der Waals surface area contributed by atoms with Gasteiger partial charge in [-0.15, -0.1) is 24.0 Å². The van der Waals surface area contributed by atoms with Gasteiger partial charge in [-0.05, 0) is 47.7 Å². The minimum Gasteiger partial charge on any atom is -0.497 e. The third-order valence-corrected chi connectivity index (χ3v) is 4.77. The molecule has 2 aromatic carbocycles. The van der Waals surface area contributed by atoms with E-state index in [-0.39, 0.29) is 24.0 Å². The van der Waals surface area contributed by atoms with Crippen LogP contribution in [0.2, 0.25) is 0 Å². The molecule has 0 bridgehead atoms. The maximum absolute atomic E-state index is 5.27. The molecule has 0 aliphatic carbocycles. The molecule has 0 atom stereocenters. The van der Waals surface area contributed by atoms with Crippen LogP contribution in [0.25, 0.3) is 0 Å². The number of hydrogen-bond donors (Lipinski definition) is 2. The average molecular weight is 480 g/mol. The van der Waals surface area contributed by atoms with E-state index < -0.39 is 0 Å². The molecule has 0 radical (unpaired) electrons. The summed E-state index contributed by atoms with van der Waals surface area (Å²) in [5.74, 6) is 1.66. The van der Waals surface area contributed by atoms with Gasteiger partial charge in [0.1, 0.15) is 5.75 Å². The molecule has 0 saturated carbocycles. The summed E-state index contributed by atoms with van der Waals surface area (Å²) < 4.78 is 5.27. The molecule has 0 unspecified atom stereocenters. The zero-order chi connectivity index (χ0) is 18.4. The number of nitrogens with one attached hydrogen (secondary N) is 2. The van der Waals surface area contributed by atoms with Crippen molar-refractivity contribution in [3.63, 3.8) is 0 Å². The number of ether oxygens (including phenoxy) is 1. The van der Waals surface area contributed by atoms with Crippen molar-refractivity contribution in [3.8, 4) is 5.75 Å². The molecule has 2 aromatic rings. The number of nitrogens with zero attached hydrogens (tertiary/aromatic N) is 2. The first kappa shape index (κ1) is 21.3. The molecule has 0 aromatic heterocycles. The highest BCUT2D eigenvalue weighted by atomic mass is 127. The molecule has 27 heavy (non-hydrogen) atoms. The highest BCUT2D eigenvalue weighted by Gasteiger charge is 2.13. The molecule has 0 saturated heterocycles. The Morgan fingerprint density at radius 3 is 2.56 bits per heavy atom. The van der Waals surface area contributed by atoms with E-state index in [1.165, 1.54) is 23.2 Å². The SMILES string of the molecule is CN=C(NCc1cccc(OC)c1)NCc1ccc2c(c1)CCCN2C.I. The maximum atomic E-state index is 5.27. The fourth-order valence-electron chi connectivity index (χ4n) is 3.32. The van der Waals surface area contributed by atoms with Crippen LogP contribution in [0.4, 0.5) is 5.69 Å². The number of aliphatic imine (C=N–C) groups is 1. The van der Waals surface area contributed by atoms with Crippen LogP contribution in [0.3, 0.4) is 0 Å². The standard InChI is InChI=1S/C21H28N4O.HI/c1-22-21(23-14-16-6-4-8-19(13-16)26-3)24-15-17-9-10-20-18(12-17)7-5-11-25(20)2;/h4,6,8-10,12-13H,5,7,11,14-15H2,1-3H3,(H2,22,23,24);1H. The number of hydrogen-bond acceptors (Lipinski definition) is 3. The van der Waals surface area contributed by atoms with Gasteiger partial charge in [-0.2, -0.15) is 0 Å². The van der Waals surface area contributed by atoms with Gasteiger partial charge in [-0.3, -0.25) is 4.99 Å². The van der Waals surface area contributed by atoms with Crippen molar-refractivity contribution in [2.75, 3.05) is 32.6 Å². The Balaban J connectivity index is 0.00000261. The van der Waals surface area contributed by atoms with Gasteiger partial charge in [0.05, 0.1) is 7.11 Å². The summed E-state index contributed by atoms with van der Waals surface area (Å²) in [6.45, 7) is 2.60. The topological polar surface area (TPSA) is 48.9 Å². The van der Waals surface area contributed by atoms with E-state index in [2.05, 4.69) is 51.8 Å². The molecule has 6 heteroatoms. The van der Waals surface area contributed by atoms with Crippen molar-refractivity contribution in [1.82, 2.24) is 10.6 Å². The molecule has 3 rings (SSSR count). The zero-order valence-corrected chi connectivity index (χ0v) is 18.6. The lowest BCUT2D eigenvalue weighted by Crippen LogP contribution is -2.36. The normalized spacial score (nSPS) is 13.4. The summed E-state index contributed by atoms with van der Waals surface area (Å²) in [6.07, 6.45) is 2.39. The van der Waals surface area contributed by atoms with Crippen LogP contribution in [0.5, 0.6) is 5.75 Å². The number of methoxy groups -OCH3 is 1. The lowest BCUT2D eigenvalue weighted by Gasteiger charge is -2.28. The van der Waals surface area contributed by atoms with Gasteiger partial charge in [-0.25, -0.2) is 0 Å². The molecule has 0 amide bonds. The Hall–Kier alpha value is -1.96. The van der Waals surface area contributed by atoms with Crippen LogP contribution < -0.4 is 20.3 Å². The summed E-state index contributed by atoms with van der Waals surface area (Å²) in [4.78, 5) is 6.65. The van der Waals surface area contributed by atoms with Crippen LogP contribution >= 0.6 is 24.0 Å². The van der Waals surface area contributed by atoms with E-state index in [1.54, 1.807) is 14.2 Å². The van der Waals surface area contributed by atoms with Crippen LogP contribution in [0, 0.1) is 0 Å². The van der Waals surface area contributed by atoms with Crippen molar-refractivity contribution >= 4 is 35.6 Å². The molecular formula is C21H29IN4O. The third-order valence-electron chi connectivity index (χ3n) is 4.77. The van der Waals surface area contributed by atoms with Crippen LogP contribution in [0.15, 0.2) is 47.5 Å². The van der Waals surface area contributed by atoms with E-state index >= 15 is 0 Å². The van der Waals surface area contributed by atoms with E-state index in [9.17, 15) is 0 Å². The zero-order valence-electron chi connectivity index (χ0n) is 16.3. The summed E-state index contributed by atoms with van der Waals surface area (Å²) in [6, 6.07) is 14.8. The van der Waals surface area contributed by atoms with Crippen molar-refractivity contribution in [1.29, 1.82) is 0 Å². The Labute approximate surface area is 179 Å². The van der Waals surface area contributed by atoms with Gasteiger partial charge >= 0.3 is 0 Å². The van der Waals surface area contributed by atoms with Gasteiger partial charge < -0.3 is 20.3 Å². The molecule has 0 fully saturated rings. The quantitative estimate of drug-likeness (QED) is 0.391. The van der Waals surface area contributed by atoms with Gasteiger partial charge in [0.15, 0.2) is 5.96 Å². The molecule has 1 aliphatic rings. The predicted molar refractivity (Wildman–Crippen MR) is 123 cm³/mol. The second-order valence-electron chi connectivity index (χ2n) is 6.62. The van der Waals surface area contributed by atoms with E-state index in [0.29, 0.717) is 6.54 Å². The molecule has 146 valence electrons. The highest BCUT2D eigenvalue weighted by molar-refractivity contribution is 14.0. The van der Waals surface area contributed by atoms with Gasteiger partial charge in [0, 0.05) is 39.4 Å². The molecule has 1 aliphatic heterocycles. The van der Waals surface area contributed by atoms with Gasteiger partial charge in [0.25, 0.3) is 0 Å². The van der Waals surface area contributed by atoms with Crippen LogP contribution in [-0.4, -0.2) is 33.7 Å². The molecule has 5 nitrogen and oxygen atoms in total. The summed E-state index contributed by atoms with van der Waals surface area (Å²) in [5.41, 5.74) is 5.24. The summed E-state index contributed by atoms with van der Waals surface area (Å²) >= 11 is 0. The lowest BCUT2D eigenvalue weighted by atomic mass is 9.99. The molecule has 2 N–H and O–H groups in total. The largest absolute Gasteiger partial charge is 0.497 e. The van der Waals surface area contributed by atoms with Gasteiger partial charge in [-0.1, -0.05) is 24.3 Å². The van der Waals surface area contributed by atoms with E-state index in [0.717, 1.165) is 36.8 Å². The van der Waals surface area contributed by atoms with E-state index in [4.69, 9.17) is 4.74 Å². The summed E-state index contributed by atoms with van der Waals surface area (Å²) in [5, 5.41) is 6.75. The number of aryl methyl sites for hydroxylation is 1. The van der Waals surface area contributed by atoms with Crippen LogP contribution in [-0.2, 0) is 19.5 Å². The fraction of sp³-hybridized carbons (Fsp3) is 0.381. The van der Waals surface area contributed by atoms with Crippen molar-refractivity contribution < 1.29 is 4.74 Å². The first-order valence-corrected chi connectivity index (χ1v) is 9.10. The van der Waals surface area contributed by atoms with Crippen molar-refractivity contribution in [2.45, 2.75) is 25.9 Å². The number of benzene rings is 2. The second kappa shape index (κ2) is 10.4. The summed E-state index contributed by atoms with van der Waals surface area (Å²) in [7, 11) is 5.65. The number of guanidine groups is 1. The maximum Gasteiger partial charge on any atom is 0.191 e. The van der Waals surface area contributed by atoms with Crippen molar-refractivity contribution in [3.05, 3.63) is 59.2 Å². The Morgan fingerprint density at radius 2 is 1.85 bits per heavy atom. The second-order valence-corrected chi connectivity index (χ2v) is 6.62. The smallest absolute Gasteiger partial charge is 0.191 e.